The summed E-state index contributed by atoms with van der Waals surface area (Å²) in [4.78, 5) is 18.6. The molecule has 0 radical (unpaired) electrons. The summed E-state index contributed by atoms with van der Waals surface area (Å²) in [5, 5.41) is 5.72. The van der Waals surface area contributed by atoms with Crippen molar-refractivity contribution in [3.63, 3.8) is 0 Å². The predicted octanol–water partition coefficient (Wildman–Crippen LogP) is 1.32. The second-order valence-corrected chi connectivity index (χ2v) is 9.79. The number of hydrogen-bond donors (Lipinski definition) is 1. The fourth-order valence-corrected chi connectivity index (χ4v) is 5.15. The minimum atomic E-state index is -3.99. The number of aryl methyl sites for hydroxylation is 1. The second kappa shape index (κ2) is 9.65. The van der Waals surface area contributed by atoms with E-state index in [2.05, 4.69) is 10.1 Å². The average Bonchev–Trinajstić information content (AvgIpc) is 3.41. The van der Waals surface area contributed by atoms with Gasteiger partial charge in [-0.25, -0.2) is 8.42 Å². The minimum Gasteiger partial charge on any atom is -0.355 e. The molecule has 0 saturated heterocycles. The van der Waals surface area contributed by atoms with Gasteiger partial charge in [-0.05, 0) is 31.0 Å². The lowest BCUT2D eigenvalue weighted by molar-refractivity contribution is -0.603. The van der Waals surface area contributed by atoms with Gasteiger partial charge in [-0.3, -0.25) is 9.78 Å². The summed E-state index contributed by atoms with van der Waals surface area (Å²) in [6.45, 7) is 2.47. The van der Waals surface area contributed by atoms with Crippen LogP contribution in [0.15, 0.2) is 64.4 Å². The zero-order valence-electron chi connectivity index (χ0n) is 18.5. The number of carbonyl (C=O) groups is 1. The van der Waals surface area contributed by atoms with Crippen molar-refractivity contribution < 1.29 is 23.1 Å². The van der Waals surface area contributed by atoms with Crippen LogP contribution in [-0.2, 0) is 27.8 Å². The number of nitrogens with zero attached hydrogens (tertiary/aromatic N) is 4. The van der Waals surface area contributed by atoms with Crippen molar-refractivity contribution in [1.29, 1.82) is 0 Å². The molecular formula is C23H26N5O4S+. The Kier molecular flexibility index (Phi) is 6.68. The summed E-state index contributed by atoms with van der Waals surface area (Å²) in [5.74, 6) is -0.150. The van der Waals surface area contributed by atoms with Gasteiger partial charge in [-0.15, -0.1) is 0 Å². The highest BCUT2D eigenvalue weighted by molar-refractivity contribution is 7.89. The zero-order chi connectivity index (χ0) is 23.4. The fraction of sp³-hybridized carbons (Fsp3) is 0.261. The molecule has 1 aliphatic heterocycles. The Balaban J connectivity index is 1.46. The molecule has 4 rings (SSSR count). The van der Waals surface area contributed by atoms with Crippen LogP contribution in [0.5, 0.6) is 0 Å². The minimum absolute atomic E-state index is 0.0364. The zero-order valence-corrected chi connectivity index (χ0v) is 19.3. The summed E-state index contributed by atoms with van der Waals surface area (Å²) < 4.78 is 32.9. The molecule has 9 nitrogen and oxygen atoms in total. The molecule has 3 heterocycles. The van der Waals surface area contributed by atoms with E-state index in [1.807, 2.05) is 41.7 Å². The van der Waals surface area contributed by atoms with Crippen LogP contribution in [0.1, 0.15) is 22.6 Å². The number of anilines is 1. The van der Waals surface area contributed by atoms with Crippen LogP contribution < -0.4 is 10.2 Å². The Hall–Kier alpha value is -3.34. The Morgan fingerprint density at radius 3 is 2.88 bits per heavy atom. The summed E-state index contributed by atoms with van der Waals surface area (Å²) in [6.07, 6.45) is 7.52. The first-order valence-corrected chi connectivity index (χ1v) is 12.0. The molecule has 1 amide bonds. The molecule has 0 spiro atoms. The van der Waals surface area contributed by atoms with E-state index in [4.69, 9.17) is 4.52 Å². The van der Waals surface area contributed by atoms with Gasteiger partial charge < -0.3 is 14.7 Å². The molecule has 33 heavy (non-hydrogen) atoms. The standard InChI is InChI=1S/C23H25N5O4S/c1-17-23(21(32-26-17)9-12-25-15-18-6-5-11-24-14-18)33(30,31)27(2)16-22(29)28-13-10-19-7-3-4-8-20(19)28/h3-9,11-12,14,25H,10,13,15-16H2,1-2H3/p+1. The number of pyridine rings is 1. The van der Waals surface area contributed by atoms with Crippen molar-refractivity contribution in [3.8, 4) is 0 Å². The highest BCUT2D eigenvalue weighted by Crippen LogP contribution is 2.28. The molecule has 3 aromatic rings. The lowest BCUT2D eigenvalue weighted by Crippen LogP contribution is -2.76. The van der Waals surface area contributed by atoms with E-state index in [0.717, 1.165) is 27.5 Å². The average molecular weight is 469 g/mol. The number of fused-ring (bicyclic) bond motifs is 1. The number of rotatable bonds is 8. The first kappa shape index (κ1) is 22.8. The van der Waals surface area contributed by atoms with Gasteiger partial charge in [0.2, 0.25) is 15.9 Å². The van der Waals surface area contributed by atoms with Crippen molar-refractivity contribution in [2.24, 2.45) is 0 Å². The highest BCUT2D eigenvalue weighted by atomic mass is 32.2. The lowest BCUT2D eigenvalue weighted by atomic mass is 10.2. The molecule has 0 saturated carbocycles. The molecule has 172 valence electrons. The van der Waals surface area contributed by atoms with Crippen LogP contribution in [0, 0.1) is 6.92 Å². The molecule has 0 fully saturated rings. The van der Waals surface area contributed by atoms with Gasteiger partial charge in [0.05, 0.1) is 12.7 Å². The number of nitrogens with two attached hydrogens (primary N) is 1. The molecule has 2 N–H and O–H groups in total. The third kappa shape index (κ3) is 4.87. The van der Waals surface area contributed by atoms with Crippen molar-refractivity contribution >= 4 is 27.7 Å². The van der Waals surface area contributed by atoms with E-state index in [9.17, 15) is 13.2 Å². The number of amides is 1. The van der Waals surface area contributed by atoms with Gasteiger partial charge in [-0.2, -0.15) is 4.31 Å². The normalized spacial score (nSPS) is 13.7. The van der Waals surface area contributed by atoms with Crippen LogP contribution >= 0.6 is 0 Å². The Morgan fingerprint density at radius 2 is 2.09 bits per heavy atom. The maximum Gasteiger partial charge on any atom is 0.249 e. The van der Waals surface area contributed by atoms with Crippen LogP contribution in [-0.4, -0.2) is 48.9 Å². The maximum absolute atomic E-state index is 13.3. The summed E-state index contributed by atoms with van der Waals surface area (Å²) in [6, 6.07) is 11.5. The molecule has 0 aliphatic carbocycles. The van der Waals surface area contributed by atoms with Crippen LogP contribution in [0.3, 0.4) is 0 Å². The second-order valence-electron chi connectivity index (χ2n) is 7.81. The largest absolute Gasteiger partial charge is 0.355 e. The van der Waals surface area contributed by atoms with Gasteiger partial charge in [0, 0.05) is 43.3 Å². The molecule has 1 aliphatic rings. The van der Waals surface area contributed by atoms with Gasteiger partial charge in [0.25, 0.3) is 0 Å². The first-order chi connectivity index (χ1) is 15.9. The van der Waals surface area contributed by atoms with Crippen molar-refractivity contribution in [2.75, 3.05) is 25.0 Å². The molecule has 0 atom stereocenters. The number of aromatic nitrogens is 2. The highest BCUT2D eigenvalue weighted by Gasteiger charge is 2.33. The van der Waals surface area contributed by atoms with E-state index >= 15 is 0 Å². The summed E-state index contributed by atoms with van der Waals surface area (Å²) in [7, 11) is -2.60. The van der Waals surface area contributed by atoms with E-state index in [0.29, 0.717) is 13.1 Å². The lowest BCUT2D eigenvalue weighted by Gasteiger charge is -2.22. The SMILES string of the molecule is Cc1noc(C=C[NH2+]Cc2cccnc2)c1S(=O)(=O)N(C)CC(=O)N1CCc2ccccc21. The third-order valence-corrected chi connectivity index (χ3v) is 7.47. The first-order valence-electron chi connectivity index (χ1n) is 10.6. The fourth-order valence-electron chi connectivity index (χ4n) is 3.79. The Morgan fingerprint density at radius 1 is 1.27 bits per heavy atom. The number of hydrogen-bond acceptors (Lipinski definition) is 6. The molecular weight excluding hydrogens is 442 g/mol. The Bertz CT molecular complexity index is 1270. The van der Waals surface area contributed by atoms with Crippen molar-refractivity contribution in [3.05, 3.63) is 77.6 Å². The van der Waals surface area contributed by atoms with E-state index < -0.39 is 10.0 Å². The van der Waals surface area contributed by atoms with Gasteiger partial charge in [0.15, 0.2) is 10.7 Å². The van der Waals surface area contributed by atoms with Gasteiger partial charge in [0.1, 0.15) is 12.2 Å². The maximum atomic E-state index is 13.3. The van der Waals surface area contributed by atoms with Crippen molar-refractivity contribution in [1.82, 2.24) is 14.4 Å². The molecule has 2 aromatic heterocycles. The number of para-hydroxylation sites is 1. The van der Waals surface area contributed by atoms with Crippen LogP contribution in [0.25, 0.3) is 6.08 Å². The molecule has 0 bridgehead atoms. The van der Waals surface area contributed by atoms with E-state index in [1.165, 1.54) is 7.05 Å². The summed E-state index contributed by atoms with van der Waals surface area (Å²) >= 11 is 0. The number of quaternary nitrogens is 1. The number of benzene rings is 1. The van der Waals surface area contributed by atoms with E-state index in [-0.39, 0.29) is 28.8 Å². The van der Waals surface area contributed by atoms with Crippen molar-refractivity contribution in [2.45, 2.75) is 24.8 Å². The van der Waals surface area contributed by atoms with Gasteiger partial charge >= 0.3 is 0 Å². The quantitative estimate of drug-likeness (QED) is 0.534. The molecule has 0 unspecified atom stereocenters. The monoisotopic (exact) mass is 468 g/mol. The molecule has 1 aromatic carbocycles. The topological polar surface area (TPSA) is 113 Å². The Labute approximate surface area is 192 Å². The smallest absolute Gasteiger partial charge is 0.249 e. The third-order valence-electron chi connectivity index (χ3n) is 5.51. The van der Waals surface area contributed by atoms with E-state index in [1.54, 1.807) is 36.5 Å². The van der Waals surface area contributed by atoms with Gasteiger partial charge in [-0.1, -0.05) is 29.4 Å². The number of sulfonamides is 1. The summed E-state index contributed by atoms with van der Waals surface area (Å²) in [5.41, 5.74) is 3.20. The number of likely N-dealkylation sites (N-methyl/N-ethyl adjacent to an activating group) is 1. The number of carbonyl (C=O) groups excluding carboxylic acids is 1. The predicted molar refractivity (Wildman–Crippen MR) is 122 cm³/mol. The van der Waals surface area contributed by atoms with Crippen LogP contribution in [0.2, 0.25) is 0 Å². The van der Waals surface area contributed by atoms with Crippen LogP contribution in [0.4, 0.5) is 5.69 Å². The molecule has 10 heteroatoms.